The highest BCUT2D eigenvalue weighted by molar-refractivity contribution is 8.18. The van der Waals surface area contributed by atoms with E-state index < -0.39 is 0 Å². The topological polar surface area (TPSA) is 52.9 Å². The fourth-order valence-corrected chi connectivity index (χ4v) is 6.04. The average Bonchev–Trinajstić information content (AvgIpc) is 3.02. The van der Waals surface area contributed by atoms with E-state index in [2.05, 4.69) is 0 Å². The van der Waals surface area contributed by atoms with E-state index in [1.807, 2.05) is 11.0 Å². The molecule has 4 rings (SSSR count). The van der Waals surface area contributed by atoms with Gasteiger partial charge < -0.3 is 5.11 Å². The molecular weight excluding hydrogens is 427 g/mol. The zero-order valence-corrected chi connectivity index (χ0v) is 18.7. The molecule has 0 aromatic heterocycles. The summed E-state index contributed by atoms with van der Waals surface area (Å²) in [4.78, 5) is 21.0. The summed E-state index contributed by atoms with van der Waals surface area (Å²) in [6.07, 6.45) is 13.4. The van der Waals surface area contributed by atoms with Crippen molar-refractivity contribution in [1.29, 1.82) is 0 Å². The van der Waals surface area contributed by atoms with Gasteiger partial charge in [-0.15, -0.1) is 0 Å². The molecule has 2 aliphatic carbocycles. The van der Waals surface area contributed by atoms with Gasteiger partial charge in [-0.2, -0.15) is 0 Å². The van der Waals surface area contributed by atoms with Crippen LogP contribution in [0.4, 0.5) is 0 Å². The summed E-state index contributed by atoms with van der Waals surface area (Å²) in [7, 11) is 0. The zero-order chi connectivity index (χ0) is 20.4. The van der Waals surface area contributed by atoms with Crippen LogP contribution in [0.15, 0.2) is 22.0 Å². The van der Waals surface area contributed by atoms with Crippen molar-refractivity contribution in [2.75, 3.05) is 0 Å². The van der Waals surface area contributed by atoms with Crippen LogP contribution < -0.4 is 0 Å². The third-order valence-electron chi connectivity index (χ3n) is 5.98. The smallest absolute Gasteiger partial charge is 0.266 e. The number of hydrogen-bond donors (Lipinski definition) is 1. The van der Waals surface area contributed by atoms with Crippen molar-refractivity contribution >= 4 is 52.1 Å². The molecule has 0 radical (unpaired) electrons. The van der Waals surface area contributed by atoms with Gasteiger partial charge in [-0.05, 0) is 61.2 Å². The lowest BCUT2D eigenvalue weighted by atomic mass is 9.94. The van der Waals surface area contributed by atoms with Crippen LogP contribution in [0.2, 0.25) is 10.0 Å². The van der Waals surface area contributed by atoms with Crippen molar-refractivity contribution in [3.8, 4) is 5.75 Å². The van der Waals surface area contributed by atoms with Crippen LogP contribution in [-0.4, -0.2) is 33.2 Å². The quantitative estimate of drug-likeness (QED) is 0.522. The minimum Gasteiger partial charge on any atom is -0.505 e. The van der Waals surface area contributed by atoms with Gasteiger partial charge in [-0.3, -0.25) is 14.7 Å². The Hall–Kier alpha value is -1.17. The summed E-state index contributed by atoms with van der Waals surface area (Å²) >= 11 is 13.6. The van der Waals surface area contributed by atoms with Crippen molar-refractivity contribution in [3.05, 3.63) is 32.6 Å². The number of phenolic OH excluding ortho intramolecular Hbond substituents is 1. The van der Waals surface area contributed by atoms with E-state index in [-0.39, 0.29) is 27.7 Å². The Bertz CT molecular complexity index is 820. The molecule has 0 bridgehead atoms. The average molecular weight is 453 g/mol. The Balaban J connectivity index is 1.65. The lowest BCUT2D eigenvalue weighted by molar-refractivity contribution is -0.124. The van der Waals surface area contributed by atoms with E-state index in [4.69, 9.17) is 28.2 Å². The lowest BCUT2D eigenvalue weighted by Crippen LogP contribution is -2.41. The maximum Gasteiger partial charge on any atom is 0.266 e. The number of amidine groups is 1. The number of carbonyl (C=O) groups is 1. The molecule has 1 aromatic rings. The molecule has 0 unspecified atom stereocenters. The van der Waals surface area contributed by atoms with E-state index in [9.17, 15) is 9.90 Å². The largest absolute Gasteiger partial charge is 0.505 e. The van der Waals surface area contributed by atoms with E-state index in [0.717, 1.165) is 43.7 Å². The molecule has 7 heteroatoms. The predicted octanol–water partition coefficient (Wildman–Crippen LogP) is 6.64. The fraction of sp³-hybridized carbons (Fsp3) is 0.545. The van der Waals surface area contributed by atoms with Crippen molar-refractivity contribution in [2.45, 2.75) is 76.3 Å². The SMILES string of the molecule is O=C1C(=Cc2cc(Cl)c(O)c(Cl)c2)SC(=NC2CCCCC2)N1C1CCCCC1. The Kier molecular flexibility index (Phi) is 6.77. The number of amides is 1. The third-order valence-corrected chi connectivity index (χ3v) is 7.55. The molecule has 1 aliphatic heterocycles. The van der Waals surface area contributed by atoms with Gasteiger partial charge >= 0.3 is 0 Å². The van der Waals surface area contributed by atoms with Crippen molar-refractivity contribution in [3.63, 3.8) is 0 Å². The third kappa shape index (κ3) is 4.78. The molecule has 156 valence electrons. The molecule has 1 N–H and O–H groups in total. The van der Waals surface area contributed by atoms with Gasteiger partial charge in [0.1, 0.15) is 0 Å². The van der Waals surface area contributed by atoms with Gasteiger partial charge in [0, 0.05) is 6.04 Å². The minimum absolute atomic E-state index is 0.0248. The summed E-state index contributed by atoms with van der Waals surface area (Å²) in [5.41, 5.74) is 0.705. The minimum atomic E-state index is -0.135. The summed E-state index contributed by atoms with van der Waals surface area (Å²) in [6, 6.07) is 3.82. The van der Waals surface area contributed by atoms with Crippen molar-refractivity contribution in [1.82, 2.24) is 4.90 Å². The summed E-state index contributed by atoms with van der Waals surface area (Å²) in [6.45, 7) is 0. The summed E-state index contributed by atoms with van der Waals surface area (Å²) in [5, 5.41) is 11.0. The molecule has 3 fully saturated rings. The van der Waals surface area contributed by atoms with E-state index in [1.165, 1.54) is 37.4 Å². The number of carbonyl (C=O) groups excluding carboxylic acids is 1. The number of nitrogens with zero attached hydrogens (tertiary/aromatic N) is 2. The number of halogens is 2. The molecule has 29 heavy (non-hydrogen) atoms. The van der Waals surface area contributed by atoms with Crippen LogP contribution in [0.1, 0.15) is 69.8 Å². The first-order chi connectivity index (χ1) is 14.0. The van der Waals surface area contributed by atoms with E-state index in [1.54, 1.807) is 12.1 Å². The van der Waals surface area contributed by atoms with Crippen LogP contribution >= 0.6 is 35.0 Å². The molecule has 1 heterocycles. The highest BCUT2D eigenvalue weighted by atomic mass is 35.5. The lowest BCUT2D eigenvalue weighted by Gasteiger charge is -2.31. The first-order valence-electron chi connectivity index (χ1n) is 10.5. The van der Waals surface area contributed by atoms with Crippen LogP contribution in [-0.2, 0) is 4.79 Å². The van der Waals surface area contributed by atoms with Gasteiger partial charge in [0.2, 0.25) is 0 Å². The molecular formula is C22H26Cl2N2O2S. The normalized spacial score (nSPS) is 24.8. The maximum atomic E-state index is 13.3. The number of thioether (sulfide) groups is 1. The molecule has 3 aliphatic rings. The number of hydrogen-bond acceptors (Lipinski definition) is 4. The Morgan fingerprint density at radius 1 is 1.00 bits per heavy atom. The molecule has 1 saturated heterocycles. The Morgan fingerprint density at radius 3 is 2.21 bits per heavy atom. The first kappa shape index (κ1) is 21.1. The second-order valence-electron chi connectivity index (χ2n) is 8.11. The van der Waals surface area contributed by atoms with Crippen LogP contribution in [0.3, 0.4) is 0 Å². The summed E-state index contributed by atoms with van der Waals surface area (Å²) < 4.78 is 0. The number of rotatable bonds is 3. The zero-order valence-electron chi connectivity index (χ0n) is 16.4. The van der Waals surface area contributed by atoms with Crippen LogP contribution in [0.25, 0.3) is 6.08 Å². The Morgan fingerprint density at radius 2 is 1.59 bits per heavy atom. The standard InChI is InChI=1S/C22H26Cl2N2O2S/c23-17-11-14(12-18(24)20(17)27)13-19-21(28)26(16-9-5-2-6-10-16)22(29-19)25-15-7-3-1-4-8-15/h11-13,15-16,27H,1-10H2. The molecule has 0 atom stereocenters. The Labute approximate surface area is 186 Å². The number of aliphatic imine (C=N–C) groups is 1. The number of phenols is 1. The molecule has 1 aromatic carbocycles. The van der Waals surface area contributed by atoms with E-state index >= 15 is 0 Å². The van der Waals surface area contributed by atoms with Crippen LogP contribution in [0.5, 0.6) is 5.75 Å². The monoisotopic (exact) mass is 452 g/mol. The van der Waals surface area contributed by atoms with Crippen molar-refractivity contribution < 1.29 is 9.90 Å². The molecule has 2 saturated carbocycles. The van der Waals surface area contributed by atoms with Gasteiger partial charge in [-0.25, -0.2) is 0 Å². The predicted molar refractivity (Wildman–Crippen MR) is 122 cm³/mol. The van der Waals surface area contributed by atoms with Crippen LogP contribution in [0, 0.1) is 0 Å². The second-order valence-corrected chi connectivity index (χ2v) is 9.94. The fourth-order valence-electron chi connectivity index (χ4n) is 4.42. The highest BCUT2D eigenvalue weighted by Crippen LogP contribution is 2.40. The van der Waals surface area contributed by atoms with Gasteiger partial charge in [0.25, 0.3) is 5.91 Å². The van der Waals surface area contributed by atoms with Crippen molar-refractivity contribution in [2.24, 2.45) is 4.99 Å². The molecule has 1 amide bonds. The number of aromatic hydroxyl groups is 1. The highest BCUT2D eigenvalue weighted by Gasteiger charge is 2.39. The number of benzene rings is 1. The van der Waals surface area contributed by atoms with Gasteiger partial charge in [-0.1, -0.05) is 61.7 Å². The second kappa shape index (κ2) is 9.32. The first-order valence-corrected chi connectivity index (χ1v) is 12.1. The van der Waals surface area contributed by atoms with Gasteiger partial charge in [0.05, 0.1) is 21.0 Å². The summed E-state index contributed by atoms with van der Waals surface area (Å²) in [5.74, 6) is -0.110. The van der Waals surface area contributed by atoms with E-state index in [0.29, 0.717) is 16.5 Å². The molecule has 0 spiro atoms. The maximum absolute atomic E-state index is 13.3. The molecule has 4 nitrogen and oxygen atoms in total. The van der Waals surface area contributed by atoms with Gasteiger partial charge in [0.15, 0.2) is 10.9 Å².